The maximum Gasteiger partial charge on any atom is 0.403 e. The highest BCUT2D eigenvalue weighted by Gasteiger charge is 2.46. The third kappa shape index (κ3) is 3.83. The van der Waals surface area contributed by atoms with Crippen LogP contribution in [0.2, 0.25) is 0 Å². The Labute approximate surface area is 104 Å². The van der Waals surface area contributed by atoms with E-state index in [1.807, 2.05) is 0 Å². The average Bonchev–Trinajstić information content (AvgIpc) is 2.24. The molecule has 2 unspecified atom stereocenters. The summed E-state index contributed by atoms with van der Waals surface area (Å²) in [4.78, 5) is 10.7. The first kappa shape index (κ1) is 14.7. The first-order valence-corrected chi connectivity index (χ1v) is 6.28. The van der Waals surface area contributed by atoms with Gasteiger partial charge in [0.1, 0.15) is 0 Å². The van der Waals surface area contributed by atoms with Crippen molar-refractivity contribution in [1.29, 1.82) is 0 Å². The number of carboxylic acids is 1. The molecule has 0 heterocycles. The molecule has 1 aromatic rings. The minimum atomic E-state index is -4.90. The van der Waals surface area contributed by atoms with Gasteiger partial charge in [0.15, 0.2) is 5.92 Å². The summed E-state index contributed by atoms with van der Waals surface area (Å²) in [5.41, 5.74) is 0.876. The molecule has 3 nitrogen and oxygen atoms in total. The molecule has 100 valence electrons. The van der Waals surface area contributed by atoms with Gasteiger partial charge in [0, 0.05) is 4.90 Å². The van der Waals surface area contributed by atoms with Crippen molar-refractivity contribution in [1.82, 2.24) is 0 Å². The van der Waals surface area contributed by atoms with Crippen molar-refractivity contribution in [2.45, 2.75) is 18.0 Å². The second-order valence-corrected chi connectivity index (χ2v) is 5.25. The summed E-state index contributed by atoms with van der Waals surface area (Å²) < 4.78 is 48.9. The minimum absolute atomic E-state index is 0.191. The molecule has 0 fully saturated rings. The zero-order valence-electron chi connectivity index (χ0n) is 9.40. The molecule has 0 amide bonds. The molecule has 0 aliphatic heterocycles. The lowest BCUT2D eigenvalue weighted by atomic mass is 10.2. The van der Waals surface area contributed by atoms with Crippen LogP contribution in [0.3, 0.4) is 0 Å². The summed E-state index contributed by atoms with van der Waals surface area (Å²) in [6.45, 7) is 1.78. The van der Waals surface area contributed by atoms with Gasteiger partial charge in [-0.3, -0.25) is 9.00 Å². The normalized spacial score (nSPS) is 15.1. The molecule has 2 atom stereocenters. The average molecular weight is 280 g/mol. The molecule has 0 saturated carbocycles. The molecule has 1 rings (SSSR count). The van der Waals surface area contributed by atoms with Crippen molar-refractivity contribution >= 4 is 16.8 Å². The summed E-state index contributed by atoms with van der Waals surface area (Å²) >= 11 is 0. The Morgan fingerprint density at radius 1 is 1.33 bits per heavy atom. The largest absolute Gasteiger partial charge is 0.481 e. The Morgan fingerprint density at radius 3 is 2.22 bits per heavy atom. The van der Waals surface area contributed by atoms with Gasteiger partial charge in [0.25, 0.3) is 0 Å². The molecule has 18 heavy (non-hydrogen) atoms. The van der Waals surface area contributed by atoms with E-state index in [2.05, 4.69) is 0 Å². The highest BCUT2D eigenvalue weighted by atomic mass is 32.2. The summed E-state index contributed by atoms with van der Waals surface area (Å²) in [6, 6.07) is 6.08. The third-order valence-electron chi connectivity index (χ3n) is 2.30. The molecular weight excluding hydrogens is 269 g/mol. The summed E-state index contributed by atoms with van der Waals surface area (Å²) in [6.07, 6.45) is -4.90. The molecule has 7 heteroatoms. The lowest BCUT2D eigenvalue weighted by molar-refractivity contribution is -0.188. The van der Waals surface area contributed by atoms with E-state index in [4.69, 9.17) is 5.11 Å². The van der Waals surface area contributed by atoms with Crippen LogP contribution in [0.4, 0.5) is 13.2 Å². The number of aryl methyl sites for hydroxylation is 1. The number of alkyl halides is 3. The molecular formula is C11H11F3O3S. The molecule has 0 aromatic heterocycles. The van der Waals surface area contributed by atoms with Crippen molar-refractivity contribution < 1.29 is 27.3 Å². The zero-order chi connectivity index (χ0) is 13.9. The quantitative estimate of drug-likeness (QED) is 0.921. The van der Waals surface area contributed by atoms with Gasteiger partial charge in [-0.05, 0) is 19.1 Å². The fraction of sp³-hybridized carbons (Fsp3) is 0.364. The van der Waals surface area contributed by atoms with E-state index in [0.29, 0.717) is 0 Å². The number of aliphatic carboxylic acids is 1. The maximum atomic E-state index is 12.4. The van der Waals surface area contributed by atoms with E-state index in [-0.39, 0.29) is 4.90 Å². The van der Waals surface area contributed by atoms with Crippen molar-refractivity contribution in [3.63, 3.8) is 0 Å². The van der Waals surface area contributed by atoms with Gasteiger partial charge in [0.2, 0.25) is 0 Å². The molecule has 1 N–H and O–H groups in total. The van der Waals surface area contributed by atoms with E-state index in [9.17, 15) is 22.2 Å². The van der Waals surface area contributed by atoms with Gasteiger partial charge in [-0.1, -0.05) is 17.7 Å². The van der Waals surface area contributed by atoms with E-state index in [1.165, 1.54) is 12.1 Å². The monoisotopic (exact) mass is 280 g/mol. The SMILES string of the molecule is Cc1ccc(S(=O)CC(C(=O)O)C(F)(F)F)cc1. The topological polar surface area (TPSA) is 54.4 Å². The van der Waals surface area contributed by atoms with E-state index in [1.54, 1.807) is 19.1 Å². The zero-order valence-corrected chi connectivity index (χ0v) is 10.2. The second-order valence-electron chi connectivity index (χ2n) is 3.76. The van der Waals surface area contributed by atoms with Crippen LogP contribution in [0, 0.1) is 12.8 Å². The van der Waals surface area contributed by atoms with Crippen molar-refractivity contribution in [3.8, 4) is 0 Å². The number of carbonyl (C=O) groups is 1. The number of carboxylic acid groups (broad SMARTS) is 1. The van der Waals surface area contributed by atoms with Crippen LogP contribution in [0.25, 0.3) is 0 Å². The third-order valence-corrected chi connectivity index (χ3v) is 3.73. The van der Waals surface area contributed by atoms with Gasteiger partial charge in [-0.15, -0.1) is 0 Å². The smallest absolute Gasteiger partial charge is 0.403 e. The van der Waals surface area contributed by atoms with Gasteiger partial charge in [0.05, 0.1) is 16.6 Å². The molecule has 0 saturated heterocycles. The molecule has 1 aromatic carbocycles. The van der Waals surface area contributed by atoms with Crippen molar-refractivity contribution in [2.24, 2.45) is 5.92 Å². The Bertz CT molecular complexity index is 454. The molecule has 0 radical (unpaired) electrons. The highest BCUT2D eigenvalue weighted by molar-refractivity contribution is 7.85. The molecule has 0 aliphatic rings. The van der Waals surface area contributed by atoms with Crippen molar-refractivity contribution in [2.75, 3.05) is 5.75 Å². The predicted octanol–water partition coefficient (Wildman–Crippen LogP) is 2.37. The van der Waals surface area contributed by atoms with Gasteiger partial charge in [-0.2, -0.15) is 13.2 Å². The highest BCUT2D eigenvalue weighted by Crippen LogP contribution is 2.28. The van der Waals surface area contributed by atoms with Crippen molar-refractivity contribution in [3.05, 3.63) is 29.8 Å². The van der Waals surface area contributed by atoms with Gasteiger partial charge in [-0.25, -0.2) is 0 Å². The summed E-state index contributed by atoms with van der Waals surface area (Å²) in [7, 11) is -1.99. The van der Waals surface area contributed by atoms with Crippen LogP contribution in [0.15, 0.2) is 29.2 Å². The van der Waals surface area contributed by atoms with Crippen LogP contribution < -0.4 is 0 Å². The Morgan fingerprint density at radius 2 is 1.83 bits per heavy atom. The minimum Gasteiger partial charge on any atom is -0.481 e. The Balaban J connectivity index is 2.86. The van der Waals surface area contributed by atoms with E-state index >= 15 is 0 Å². The summed E-state index contributed by atoms with van der Waals surface area (Å²) in [5, 5.41) is 8.49. The lowest BCUT2D eigenvalue weighted by Crippen LogP contribution is -2.35. The van der Waals surface area contributed by atoms with Crippen LogP contribution in [-0.2, 0) is 15.6 Å². The first-order chi connectivity index (χ1) is 8.21. The van der Waals surface area contributed by atoms with E-state index < -0.39 is 34.6 Å². The van der Waals surface area contributed by atoms with Crippen LogP contribution in [0.1, 0.15) is 5.56 Å². The molecule has 0 bridgehead atoms. The number of benzene rings is 1. The molecule has 0 aliphatic carbocycles. The van der Waals surface area contributed by atoms with Crippen LogP contribution in [-0.4, -0.2) is 27.2 Å². The predicted molar refractivity (Wildman–Crippen MR) is 59.6 cm³/mol. The number of hydrogen-bond donors (Lipinski definition) is 1. The number of halogens is 3. The Kier molecular flexibility index (Phi) is 4.50. The number of rotatable bonds is 4. The van der Waals surface area contributed by atoms with Crippen LogP contribution in [0.5, 0.6) is 0 Å². The standard InChI is InChI=1S/C11H11F3O3S/c1-7-2-4-8(5-3-7)18(17)6-9(10(15)16)11(12,13)14/h2-5,9H,6H2,1H3,(H,15,16). The second kappa shape index (κ2) is 5.51. The molecule has 0 spiro atoms. The fourth-order valence-corrected chi connectivity index (χ4v) is 2.51. The van der Waals surface area contributed by atoms with Gasteiger partial charge >= 0.3 is 12.1 Å². The maximum absolute atomic E-state index is 12.4. The van der Waals surface area contributed by atoms with Gasteiger partial charge < -0.3 is 5.11 Å². The first-order valence-electron chi connectivity index (χ1n) is 4.96. The number of hydrogen-bond acceptors (Lipinski definition) is 2. The Hall–Kier alpha value is -1.37. The lowest BCUT2D eigenvalue weighted by Gasteiger charge is -2.15. The summed E-state index contributed by atoms with van der Waals surface area (Å²) in [5.74, 6) is -5.59. The fourth-order valence-electron chi connectivity index (χ4n) is 1.24. The van der Waals surface area contributed by atoms with Crippen LogP contribution >= 0.6 is 0 Å². The van der Waals surface area contributed by atoms with E-state index in [0.717, 1.165) is 5.56 Å².